The molecule has 1 amide bonds. The van der Waals surface area contributed by atoms with E-state index < -0.39 is 5.56 Å². The summed E-state index contributed by atoms with van der Waals surface area (Å²) in [4.78, 5) is 25.6. The first-order valence-electron chi connectivity index (χ1n) is 10.5. The quantitative estimate of drug-likeness (QED) is 0.427. The molecule has 0 saturated carbocycles. The summed E-state index contributed by atoms with van der Waals surface area (Å²) in [6, 6.07) is 14.5. The Labute approximate surface area is 195 Å². The van der Waals surface area contributed by atoms with Gasteiger partial charge in [-0.1, -0.05) is 12.1 Å². The summed E-state index contributed by atoms with van der Waals surface area (Å²) in [5.74, 6) is 1.96. The van der Waals surface area contributed by atoms with Gasteiger partial charge in [-0.2, -0.15) is 10.2 Å². The summed E-state index contributed by atoms with van der Waals surface area (Å²) >= 11 is 0. The Bertz CT molecular complexity index is 1390. The Kier molecular flexibility index (Phi) is 6.48. The normalized spacial score (nSPS) is 10.8. The first-order chi connectivity index (χ1) is 16.4. The largest absolute Gasteiger partial charge is 0.497 e. The number of nitrogens with one attached hydrogen (secondary N) is 1. The number of aromatic nitrogens is 4. The van der Waals surface area contributed by atoms with E-state index in [-0.39, 0.29) is 19.0 Å². The zero-order chi connectivity index (χ0) is 24.2. The molecule has 1 N–H and O–H groups in total. The maximum absolute atomic E-state index is 13.0. The molecule has 0 aliphatic rings. The summed E-state index contributed by atoms with van der Waals surface area (Å²) in [5, 5.41) is 11.6. The summed E-state index contributed by atoms with van der Waals surface area (Å²) in [7, 11) is 4.68. The van der Waals surface area contributed by atoms with Gasteiger partial charge in [0.15, 0.2) is 11.5 Å². The van der Waals surface area contributed by atoms with Crippen molar-refractivity contribution in [1.29, 1.82) is 0 Å². The summed E-state index contributed by atoms with van der Waals surface area (Å²) in [6.45, 7) is 1.71. The fourth-order valence-electron chi connectivity index (χ4n) is 3.66. The molecule has 0 spiro atoms. The molecule has 0 bridgehead atoms. The van der Waals surface area contributed by atoms with Crippen LogP contribution in [0.1, 0.15) is 11.4 Å². The number of carbonyl (C=O) groups is 1. The standard InChI is InChI=1S/C24H25N5O5/c1-15-26-28(14-22(30)25-13-17-6-5-7-21(33-3)23(17)34-4)24(31)20-12-19(27-29(15)20)16-8-10-18(32-2)11-9-16/h5-12H,13-14H2,1-4H3,(H,25,30). The van der Waals surface area contributed by atoms with Gasteiger partial charge in [-0.15, -0.1) is 0 Å². The molecule has 0 atom stereocenters. The van der Waals surface area contributed by atoms with Crippen LogP contribution in [0.5, 0.6) is 17.2 Å². The number of aryl methyl sites for hydroxylation is 1. The predicted octanol–water partition coefficient (Wildman–Crippen LogP) is 2.21. The van der Waals surface area contributed by atoms with Crippen LogP contribution in [0.3, 0.4) is 0 Å². The van der Waals surface area contributed by atoms with Crippen molar-refractivity contribution >= 4 is 11.4 Å². The minimum absolute atomic E-state index is 0.212. The molecule has 0 saturated heterocycles. The van der Waals surface area contributed by atoms with Crippen LogP contribution in [0.25, 0.3) is 16.8 Å². The molecule has 0 unspecified atom stereocenters. The van der Waals surface area contributed by atoms with E-state index in [1.54, 1.807) is 33.3 Å². The topological polar surface area (TPSA) is 109 Å². The van der Waals surface area contributed by atoms with E-state index in [2.05, 4.69) is 15.5 Å². The van der Waals surface area contributed by atoms with Gasteiger partial charge in [0.2, 0.25) is 5.91 Å². The smallest absolute Gasteiger partial charge is 0.293 e. The molecule has 2 heterocycles. The molecule has 4 aromatic rings. The lowest BCUT2D eigenvalue weighted by Gasteiger charge is -2.13. The van der Waals surface area contributed by atoms with Crippen molar-refractivity contribution in [3.8, 4) is 28.5 Å². The number of hydrogen-bond acceptors (Lipinski definition) is 7. The average Bonchev–Trinajstić information content (AvgIpc) is 3.32. The molecular weight excluding hydrogens is 438 g/mol. The van der Waals surface area contributed by atoms with Crippen molar-refractivity contribution in [1.82, 2.24) is 24.7 Å². The molecule has 2 aromatic carbocycles. The second-order valence-electron chi connectivity index (χ2n) is 7.49. The minimum atomic E-state index is -0.410. The number of amides is 1. The lowest BCUT2D eigenvalue weighted by atomic mass is 10.1. The van der Waals surface area contributed by atoms with Crippen molar-refractivity contribution in [2.45, 2.75) is 20.0 Å². The Morgan fingerprint density at radius 3 is 2.44 bits per heavy atom. The second kappa shape index (κ2) is 9.65. The maximum Gasteiger partial charge on any atom is 0.293 e. The van der Waals surface area contributed by atoms with Crippen molar-refractivity contribution in [2.24, 2.45) is 0 Å². The lowest BCUT2D eigenvalue weighted by molar-refractivity contribution is -0.122. The Hall–Kier alpha value is -4.34. The SMILES string of the molecule is COc1ccc(-c2cc3c(=O)n(CC(=O)NCc4cccc(OC)c4OC)nc(C)n3n2)cc1. The van der Waals surface area contributed by atoms with E-state index in [9.17, 15) is 9.59 Å². The van der Waals surface area contributed by atoms with Crippen molar-refractivity contribution in [2.75, 3.05) is 21.3 Å². The van der Waals surface area contributed by atoms with Gasteiger partial charge < -0.3 is 19.5 Å². The van der Waals surface area contributed by atoms with Crippen LogP contribution in [0.4, 0.5) is 0 Å². The average molecular weight is 463 g/mol. The van der Waals surface area contributed by atoms with Crippen LogP contribution in [-0.2, 0) is 17.9 Å². The molecule has 0 fully saturated rings. The van der Waals surface area contributed by atoms with Gasteiger partial charge in [0.05, 0.1) is 27.0 Å². The Balaban J connectivity index is 1.55. The van der Waals surface area contributed by atoms with E-state index in [4.69, 9.17) is 14.2 Å². The van der Waals surface area contributed by atoms with E-state index in [0.717, 1.165) is 21.6 Å². The molecule has 0 aliphatic carbocycles. The summed E-state index contributed by atoms with van der Waals surface area (Å²) < 4.78 is 18.5. The van der Waals surface area contributed by atoms with E-state index >= 15 is 0 Å². The van der Waals surface area contributed by atoms with E-state index in [0.29, 0.717) is 28.5 Å². The highest BCUT2D eigenvalue weighted by Crippen LogP contribution is 2.30. The molecule has 10 heteroatoms. The second-order valence-corrected chi connectivity index (χ2v) is 7.49. The van der Waals surface area contributed by atoms with Crippen molar-refractivity contribution in [3.63, 3.8) is 0 Å². The molecule has 34 heavy (non-hydrogen) atoms. The molecule has 4 rings (SSSR count). The number of carbonyl (C=O) groups excluding carboxylic acids is 1. The molecule has 0 radical (unpaired) electrons. The van der Waals surface area contributed by atoms with Gasteiger partial charge in [-0.25, -0.2) is 9.20 Å². The van der Waals surface area contributed by atoms with Crippen LogP contribution < -0.4 is 25.1 Å². The monoisotopic (exact) mass is 463 g/mol. The number of rotatable bonds is 8. The highest BCUT2D eigenvalue weighted by molar-refractivity contribution is 5.76. The first kappa shape index (κ1) is 22.8. The molecule has 0 aliphatic heterocycles. The van der Waals surface area contributed by atoms with Gasteiger partial charge in [0, 0.05) is 17.7 Å². The fourth-order valence-corrected chi connectivity index (χ4v) is 3.66. The number of hydrogen-bond donors (Lipinski definition) is 1. The molecule has 2 aromatic heterocycles. The third kappa shape index (κ3) is 4.42. The van der Waals surface area contributed by atoms with Gasteiger partial charge in [-0.3, -0.25) is 9.59 Å². The van der Waals surface area contributed by atoms with Crippen LogP contribution in [0, 0.1) is 6.92 Å². The Morgan fingerprint density at radius 2 is 1.76 bits per heavy atom. The highest BCUT2D eigenvalue weighted by atomic mass is 16.5. The summed E-state index contributed by atoms with van der Waals surface area (Å²) in [6.07, 6.45) is 0. The zero-order valence-electron chi connectivity index (χ0n) is 19.4. The zero-order valence-corrected chi connectivity index (χ0v) is 19.4. The predicted molar refractivity (Wildman–Crippen MR) is 125 cm³/mol. The molecule has 176 valence electrons. The highest BCUT2D eigenvalue weighted by Gasteiger charge is 2.16. The number of benzene rings is 2. The summed E-state index contributed by atoms with van der Waals surface area (Å²) in [5.41, 5.74) is 2.13. The Morgan fingerprint density at radius 1 is 1.00 bits per heavy atom. The maximum atomic E-state index is 13.0. The first-order valence-corrected chi connectivity index (χ1v) is 10.5. The minimum Gasteiger partial charge on any atom is -0.497 e. The molecular formula is C24H25N5O5. The number of methoxy groups -OCH3 is 3. The van der Waals surface area contributed by atoms with E-state index in [1.165, 1.54) is 11.6 Å². The van der Waals surface area contributed by atoms with Crippen molar-refractivity contribution < 1.29 is 19.0 Å². The van der Waals surface area contributed by atoms with Gasteiger partial charge in [0.25, 0.3) is 5.56 Å². The molecule has 10 nitrogen and oxygen atoms in total. The van der Waals surface area contributed by atoms with Crippen LogP contribution in [0.15, 0.2) is 53.3 Å². The van der Waals surface area contributed by atoms with Crippen LogP contribution in [0.2, 0.25) is 0 Å². The third-order valence-electron chi connectivity index (χ3n) is 5.37. The third-order valence-corrected chi connectivity index (χ3v) is 5.37. The number of fused-ring (bicyclic) bond motifs is 1. The number of ether oxygens (including phenoxy) is 3. The van der Waals surface area contributed by atoms with Gasteiger partial charge >= 0.3 is 0 Å². The number of para-hydroxylation sites is 1. The van der Waals surface area contributed by atoms with Crippen molar-refractivity contribution in [3.05, 3.63) is 70.3 Å². The van der Waals surface area contributed by atoms with Gasteiger partial charge in [-0.05, 0) is 43.3 Å². The van der Waals surface area contributed by atoms with E-state index in [1.807, 2.05) is 36.4 Å². The van der Waals surface area contributed by atoms with Crippen LogP contribution >= 0.6 is 0 Å². The number of nitrogens with zero attached hydrogens (tertiary/aromatic N) is 4. The fraction of sp³-hybridized carbons (Fsp3) is 0.250. The van der Waals surface area contributed by atoms with Gasteiger partial charge in [0.1, 0.15) is 23.6 Å². The van der Waals surface area contributed by atoms with Crippen LogP contribution in [-0.4, -0.2) is 46.6 Å². The lowest BCUT2D eigenvalue weighted by Crippen LogP contribution is -2.34.